The SMILES string of the molecule is CC(=O)CCC(O)=c1c(=O)cc(-c2cccc(Cl)c2)n2ncnc12. The molecule has 0 fully saturated rings. The quantitative estimate of drug-likeness (QED) is 0.784. The van der Waals surface area contributed by atoms with Crippen molar-refractivity contribution in [2.24, 2.45) is 0 Å². The highest BCUT2D eigenvalue weighted by molar-refractivity contribution is 6.30. The molecular weight excluding hydrogens is 330 g/mol. The molecule has 1 N–H and O–H groups in total. The van der Waals surface area contributed by atoms with Gasteiger partial charge in [0.05, 0.1) is 5.69 Å². The molecule has 2 aromatic heterocycles. The van der Waals surface area contributed by atoms with Crippen LogP contribution in [0.5, 0.6) is 0 Å². The summed E-state index contributed by atoms with van der Waals surface area (Å²) < 4.78 is 1.48. The van der Waals surface area contributed by atoms with Gasteiger partial charge in [-0.1, -0.05) is 23.7 Å². The molecule has 0 saturated heterocycles. The van der Waals surface area contributed by atoms with Crippen LogP contribution in [0.1, 0.15) is 19.8 Å². The zero-order valence-corrected chi connectivity index (χ0v) is 13.6. The Kier molecular flexibility index (Phi) is 4.31. The lowest BCUT2D eigenvalue weighted by atomic mass is 10.1. The van der Waals surface area contributed by atoms with Gasteiger partial charge in [0, 0.05) is 29.5 Å². The molecule has 0 aliphatic heterocycles. The first-order valence-corrected chi connectivity index (χ1v) is 7.69. The van der Waals surface area contributed by atoms with Crippen LogP contribution < -0.4 is 10.6 Å². The average molecular weight is 344 g/mol. The summed E-state index contributed by atoms with van der Waals surface area (Å²) in [6.07, 6.45) is 1.55. The lowest BCUT2D eigenvalue weighted by Crippen LogP contribution is -2.30. The molecule has 3 aromatic rings. The normalized spacial score (nSPS) is 12.4. The van der Waals surface area contributed by atoms with E-state index in [-0.39, 0.29) is 40.7 Å². The number of ketones is 1. The number of aliphatic hydroxyl groups is 1. The third-order valence-corrected chi connectivity index (χ3v) is 3.87. The van der Waals surface area contributed by atoms with E-state index in [2.05, 4.69) is 10.1 Å². The predicted octanol–water partition coefficient (Wildman–Crippen LogP) is 2.16. The fraction of sp³-hybridized carbons (Fsp3) is 0.176. The second kappa shape index (κ2) is 6.41. The van der Waals surface area contributed by atoms with Crippen molar-refractivity contribution in [1.29, 1.82) is 0 Å². The van der Waals surface area contributed by atoms with E-state index in [1.54, 1.807) is 24.3 Å². The average Bonchev–Trinajstić information content (AvgIpc) is 3.01. The maximum Gasteiger partial charge on any atom is 0.195 e. The number of halogens is 1. The van der Waals surface area contributed by atoms with Crippen molar-refractivity contribution in [2.45, 2.75) is 19.8 Å². The summed E-state index contributed by atoms with van der Waals surface area (Å²) in [5, 5.41) is 15.0. The first kappa shape index (κ1) is 16.1. The first-order valence-electron chi connectivity index (χ1n) is 7.31. The van der Waals surface area contributed by atoms with Gasteiger partial charge in [-0.15, -0.1) is 0 Å². The summed E-state index contributed by atoms with van der Waals surface area (Å²) in [6, 6.07) is 8.41. The van der Waals surface area contributed by atoms with E-state index < -0.39 is 0 Å². The fourth-order valence-electron chi connectivity index (χ4n) is 2.50. The maximum absolute atomic E-state index is 12.5. The maximum atomic E-state index is 12.5. The van der Waals surface area contributed by atoms with E-state index in [4.69, 9.17) is 11.6 Å². The van der Waals surface area contributed by atoms with Crippen molar-refractivity contribution in [3.8, 4) is 11.3 Å². The molecule has 0 bridgehead atoms. The molecule has 0 atom stereocenters. The van der Waals surface area contributed by atoms with Crippen molar-refractivity contribution in [1.82, 2.24) is 14.6 Å². The summed E-state index contributed by atoms with van der Waals surface area (Å²) in [4.78, 5) is 27.7. The van der Waals surface area contributed by atoms with E-state index in [9.17, 15) is 14.7 Å². The Morgan fingerprint density at radius 1 is 1.29 bits per heavy atom. The van der Waals surface area contributed by atoms with E-state index >= 15 is 0 Å². The Hall–Kier alpha value is -2.73. The van der Waals surface area contributed by atoms with Gasteiger partial charge in [0.1, 0.15) is 23.1 Å². The Bertz CT molecular complexity index is 1040. The van der Waals surface area contributed by atoms with Crippen LogP contribution in [0.15, 0.2) is 41.5 Å². The van der Waals surface area contributed by atoms with Gasteiger partial charge >= 0.3 is 0 Å². The van der Waals surface area contributed by atoms with Crippen LogP contribution in [0.2, 0.25) is 5.02 Å². The number of benzene rings is 1. The topological polar surface area (TPSA) is 84.6 Å². The largest absolute Gasteiger partial charge is 0.511 e. The minimum atomic E-state index is -0.383. The zero-order valence-electron chi connectivity index (χ0n) is 12.9. The molecule has 3 rings (SSSR count). The monoisotopic (exact) mass is 343 g/mol. The molecule has 6 nitrogen and oxygen atoms in total. The van der Waals surface area contributed by atoms with Gasteiger partial charge in [-0.05, 0) is 19.1 Å². The number of aliphatic hydroxyl groups excluding tert-OH is 1. The summed E-state index contributed by atoms with van der Waals surface area (Å²) in [7, 11) is 0. The highest BCUT2D eigenvalue weighted by Gasteiger charge is 2.13. The van der Waals surface area contributed by atoms with Crippen LogP contribution in [-0.2, 0) is 4.79 Å². The van der Waals surface area contributed by atoms with Gasteiger partial charge in [0.2, 0.25) is 0 Å². The third-order valence-electron chi connectivity index (χ3n) is 3.64. The standard InChI is InChI=1S/C17H14ClN3O3/c1-10(22)5-6-14(23)16-15(24)8-13(21-17(16)19-9-20-21)11-3-2-4-12(18)7-11/h2-4,7-9,23H,5-6H2,1H3. The first-order chi connectivity index (χ1) is 11.5. The third kappa shape index (κ3) is 3.00. The Morgan fingerprint density at radius 3 is 2.79 bits per heavy atom. The molecule has 0 radical (unpaired) electrons. The number of pyridine rings is 1. The number of hydrogen-bond donors (Lipinski definition) is 1. The van der Waals surface area contributed by atoms with Gasteiger partial charge in [-0.25, -0.2) is 9.50 Å². The van der Waals surface area contributed by atoms with Crippen molar-refractivity contribution in [3.63, 3.8) is 0 Å². The Balaban J connectivity index is 2.26. The summed E-state index contributed by atoms with van der Waals surface area (Å²) in [5.41, 5.74) is 1.10. The molecule has 1 aromatic carbocycles. The van der Waals surface area contributed by atoms with E-state index in [0.717, 1.165) is 0 Å². The molecule has 0 unspecified atom stereocenters. The summed E-state index contributed by atoms with van der Waals surface area (Å²) in [6.45, 7) is 1.43. The molecule has 0 amide bonds. The minimum Gasteiger partial charge on any atom is -0.511 e. The Labute approximate surface area is 142 Å². The van der Waals surface area contributed by atoms with E-state index in [1.807, 2.05) is 0 Å². The molecule has 7 heteroatoms. The van der Waals surface area contributed by atoms with Gasteiger partial charge in [-0.3, -0.25) is 4.79 Å². The smallest absolute Gasteiger partial charge is 0.195 e. The van der Waals surface area contributed by atoms with E-state index in [0.29, 0.717) is 16.3 Å². The second-order valence-electron chi connectivity index (χ2n) is 5.42. The lowest BCUT2D eigenvalue weighted by molar-refractivity contribution is -0.116. The summed E-state index contributed by atoms with van der Waals surface area (Å²) >= 11 is 6.01. The molecule has 0 spiro atoms. The predicted molar refractivity (Wildman–Crippen MR) is 90.9 cm³/mol. The second-order valence-corrected chi connectivity index (χ2v) is 5.86. The molecule has 2 heterocycles. The number of rotatable bonds is 4. The van der Waals surface area contributed by atoms with Gasteiger partial charge in [0.25, 0.3) is 0 Å². The van der Waals surface area contributed by atoms with Crippen LogP contribution in [0.25, 0.3) is 22.7 Å². The molecule has 24 heavy (non-hydrogen) atoms. The number of nitrogens with zero attached hydrogens (tertiary/aromatic N) is 3. The fourth-order valence-corrected chi connectivity index (χ4v) is 2.69. The van der Waals surface area contributed by atoms with Crippen LogP contribution in [0.3, 0.4) is 0 Å². The van der Waals surface area contributed by atoms with Gasteiger partial charge in [-0.2, -0.15) is 5.10 Å². The van der Waals surface area contributed by atoms with Crippen molar-refractivity contribution >= 4 is 28.8 Å². The molecule has 0 aliphatic carbocycles. The Morgan fingerprint density at radius 2 is 2.08 bits per heavy atom. The van der Waals surface area contributed by atoms with E-state index in [1.165, 1.54) is 23.8 Å². The zero-order chi connectivity index (χ0) is 17.3. The molecule has 122 valence electrons. The van der Waals surface area contributed by atoms with Crippen molar-refractivity contribution in [2.75, 3.05) is 0 Å². The van der Waals surface area contributed by atoms with Crippen LogP contribution in [0, 0.1) is 0 Å². The minimum absolute atomic E-state index is 0.0676. The van der Waals surface area contributed by atoms with Crippen LogP contribution >= 0.6 is 11.6 Å². The molecule has 0 aliphatic rings. The molecular formula is C17H14ClN3O3. The van der Waals surface area contributed by atoms with Crippen LogP contribution in [0.4, 0.5) is 0 Å². The number of fused-ring (bicyclic) bond motifs is 1. The number of carbonyl (C=O) groups excluding carboxylic acids is 1. The highest BCUT2D eigenvalue weighted by Crippen LogP contribution is 2.21. The van der Waals surface area contributed by atoms with Gasteiger partial charge < -0.3 is 9.90 Å². The summed E-state index contributed by atoms with van der Waals surface area (Å²) in [5.74, 6) is -0.229. The number of hydrogen-bond acceptors (Lipinski definition) is 5. The number of carbonyl (C=O) groups is 1. The number of aromatic nitrogens is 3. The highest BCUT2D eigenvalue weighted by atomic mass is 35.5. The number of Topliss-reactive ketones (excluding diaryl/α,β-unsaturated/α-hetero) is 1. The van der Waals surface area contributed by atoms with Crippen molar-refractivity contribution in [3.05, 3.63) is 57.1 Å². The van der Waals surface area contributed by atoms with Crippen molar-refractivity contribution < 1.29 is 9.90 Å². The lowest BCUT2D eigenvalue weighted by Gasteiger charge is -2.06. The van der Waals surface area contributed by atoms with Crippen LogP contribution in [-0.4, -0.2) is 25.5 Å². The molecule has 0 saturated carbocycles. The van der Waals surface area contributed by atoms with Gasteiger partial charge in [0.15, 0.2) is 11.1 Å².